The number of carbonyl (C=O) groups excluding carboxylic acids is 1. The van der Waals surface area contributed by atoms with E-state index >= 15 is 0 Å². The summed E-state index contributed by atoms with van der Waals surface area (Å²) < 4.78 is 5.09. The number of carbonyl (C=O) groups is 1. The Morgan fingerprint density at radius 1 is 1.47 bits per heavy atom. The highest BCUT2D eigenvalue weighted by molar-refractivity contribution is 6.30. The third-order valence-electron chi connectivity index (χ3n) is 1.84. The van der Waals surface area contributed by atoms with Gasteiger partial charge in [-0.2, -0.15) is 0 Å². The summed E-state index contributed by atoms with van der Waals surface area (Å²) in [6.45, 7) is 4.03. The smallest absolute Gasteiger partial charge is 0.329 e. The van der Waals surface area contributed by atoms with E-state index in [0.29, 0.717) is 18.1 Å². The first kappa shape index (κ1) is 12.1. The number of hydrogen-bond donors (Lipinski definition) is 0. The Morgan fingerprint density at radius 3 is 2.60 bits per heavy atom. The van der Waals surface area contributed by atoms with Gasteiger partial charge in [0.1, 0.15) is 11.1 Å². The topological polar surface area (TPSA) is 26.3 Å². The molecule has 1 atom stereocenters. The Balaban J connectivity index is 2.49. The zero-order valence-corrected chi connectivity index (χ0v) is 9.62. The first-order valence-corrected chi connectivity index (χ1v) is 5.35. The third-order valence-corrected chi connectivity index (χ3v) is 2.20. The van der Waals surface area contributed by atoms with E-state index in [2.05, 4.69) is 6.07 Å². The Hall–Kier alpha value is -1.02. The minimum atomic E-state index is -0.575. The van der Waals surface area contributed by atoms with E-state index in [4.69, 9.17) is 16.3 Å². The number of hydrogen-bond acceptors (Lipinski definition) is 2. The van der Waals surface area contributed by atoms with Crippen LogP contribution in [-0.4, -0.2) is 11.3 Å². The van der Waals surface area contributed by atoms with Crippen molar-refractivity contribution in [3.63, 3.8) is 0 Å². The number of rotatable bonds is 4. The van der Waals surface area contributed by atoms with Crippen LogP contribution >= 0.6 is 11.6 Å². The van der Waals surface area contributed by atoms with Crippen LogP contribution < -0.4 is 4.74 Å². The second-order valence-electron chi connectivity index (χ2n) is 3.75. The summed E-state index contributed by atoms with van der Waals surface area (Å²) >= 11 is 5.89. The summed E-state index contributed by atoms with van der Waals surface area (Å²) in [4.78, 5) is 11.5. The van der Waals surface area contributed by atoms with Gasteiger partial charge in [0, 0.05) is 0 Å². The molecule has 0 aliphatic heterocycles. The monoisotopic (exact) mass is 225 g/mol. The Labute approximate surface area is 95.2 Å². The third kappa shape index (κ3) is 4.34. The molecule has 0 bridgehead atoms. The van der Waals surface area contributed by atoms with Crippen LogP contribution in [0.25, 0.3) is 0 Å². The van der Waals surface area contributed by atoms with Crippen molar-refractivity contribution in [1.82, 2.24) is 0 Å². The lowest BCUT2D eigenvalue weighted by atomic mass is 10.1. The van der Waals surface area contributed by atoms with Gasteiger partial charge in [0.15, 0.2) is 0 Å². The lowest BCUT2D eigenvalue weighted by Gasteiger charge is -2.11. The lowest BCUT2D eigenvalue weighted by molar-refractivity contribution is -0.134. The van der Waals surface area contributed by atoms with Crippen LogP contribution in [0.15, 0.2) is 24.3 Å². The van der Waals surface area contributed by atoms with Crippen molar-refractivity contribution in [2.45, 2.75) is 25.6 Å². The summed E-state index contributed by atoms with van der Waals surface area (Å²) in [5, 5.41) is -0.575. The summed E-state index contributed by atoms with van der Waals surface area (Å²) in [7, 11) is 0. The summed E-state index contributed by atoms with van der Waals surface area (Å²) in [6, 6.07) is 9.58. The molecular weight excluding hydrogens is 212 g/mol. The molecular formula is C12H14ClO2. The average Bonchev–Trinajstić information content (AvgIpc) is 2.18. The molecule has 81 valence electrons. The summed E-state index contributed by atoms with van der Waals surface area (Å²) in [5.74, 6) is 0.494. The molecule has 0 aliphatic carbocycles. The van der Waals surface area contributed by atoms with Crippen molar-refractivity contribution in [3.05, 3.63) is 30.3 Å². The molecule has 0 unspecified atom stereocenters. The van der Waals surface area contributed by atoms with Crippen molar-refractivity contribution in [2.24, 2.45) is 5.92 Å². The fourth-order valence-corrected chi connectivity index (χ4v) is 1.53. The molecule has 0 aromatic heterocycles. The van der Waals surface area contributed by atoms with Crippen molar-refractivity contribution in [2.75, 3.05) is 0 Å². The average molecular weight is 226 g/mol. The second kappa shape index (κ2) is 5.76. The molecule has 1 rings (SSSR count). The lowest BCUT2D eigenvalue weighted by Crippen LogP contribution is -2.22. The van der Waals surface area contributed by atoms with Crippen molar-refractivity contribution in [3.8, 4) is 5.75 Å². The zero-order valence-electron chi connectivity index (χ0n) is 8.87. The van der Waals surface area contributed by atoms with E-state index in [1.165, 1.54) is 0 Å². The van der Waals surface area contributed by atoms with Crippen molar-refractivity contribution in [1.29, 1.82) is 0 Å². The van der Waals surface area contributed by atoms with E-state index < -0.39 is 11.3 Å². The number of esters is 1. The molecule has 0 saturated heterocycles. The van der Waals surface area contributed by atoms with Gasteiger partial charge in [-0.3, -0.25) is 4.79 Å². The molecule has 0 aliphatic rings. The largest absolute Gasteiger partial charge is 0.425 e. The standard InChI is InChI=1S/C12H14ClO2/c1-9(2)8-11(13)12(14)15-10-6-4-3-5-7-10/h4-7,9,11H,8H2,1-2H3/t11-/m0/s1. The number of alkyl halides is 1. The highest BCUT2D eigenvalue weighted by Crippen LogP contribution is 2.15. The first-order chi connectivity index (χ1) is 7.09. The molecule has 0 saturated carbocycles. The molecule has 0 heterocycles. The maximum Gasteiger partial charge on any atom is 0.329 e. The van der Waals surface area contributed by atoms with Gasteiger partial charge in [0.25, 0.3) is 0 Å². The predicted octanol–water partition coefficient (Wildman–Crippen LogP) is 3.05. The van der Waals surface area contributed by atoms with Gasteiger partial charge in [-0.05, 0) is 30.5 Å². The highest BCUT2D eigenvalue weighted by Gasteiger charge is 2.18. The molecule has 1 aromatic carbocycles. The number of benzene rings is 1. The van der Waals surface area contributed by atoms with E-state index in [1.54, 1.807) is 24.3 Å². The summed E-state index contributed by atoms with van der Waals surface area (Å²) in [5.41, 5.74) is 0. The SMILES string of the molecule is CC(C)C[C@H](Cl)C(=O)Oc1cc[c]cc1. The van der Waals surface area contributed by atoms with Crippen LogP contribution in [0.5, 0.6) is 5.75 Å². The predicted molar refractivity (Wildman–Crippen MR) is 60.0 cm³/mol. The number of halogens is 1. The normalized spacial score (nSPS) is 12.5. The molecule has 0 fully saturated rings. The minimum absolute atomic E-state index is 0.379. The van der Waals surface area contributed by atoms with E-state index in [1.807, 2.05) is 13.8 Å². The maximum absolute atomic E-state index is 11.5. The molecule has 15 heavy (non-hydrogen) atoms. The van der Waals surface area contributed by atoms with E-state index in [0.717, 1.165) is 0 Å². The second-order valence-corrected chi connectivity index (χ2v) is 4.28. The molecule has 3 heteroatoms. The Morgan fingerprint density at radius 2 is 2.07 bits per heavy atom. The van der Waals surface area contributed by atoms with E-state index in [-0.39, 0.29) is 0 Å². The van der Waals surface area contributed by atoms with Crippen LogP contribution in [0.4, 0.5) is 0 Å². The molecule has 1 radical (unpaired) electrons. The van der Waals surface area contributed by atoms with Gasteiger partial charge in [-0.1, -0.05) is 26.0 Å². The minimum Gasteiger partial charge on any atom is -0.425 e. The molecule has 0 spiro atoms. The summed E-state index contributed by atoms with van der Waals surface area (Å²) in [6.07, 6.45) is 0.624. The van der Waals surface area contributed by atoms with Crippen LogP contribution in [-0.2, 0) is 4.79 Å². The Bertz CT molecular complexity index is 309. The van der Waals surface area contributed by atoms with Gasteiger partial charge in [-0.25, -0.2) is 0 Å². The van der Waals surface area contributed by atoms with Crippen LogP contribution in [0, 0.1) is 12.0 Å². The van der Waals surface area contributed by atoms with Gasteiger partial charge >= 0.3 is 5.97 Å². The first-order valence-electron chi connectivity index (χ1n) is 4.91. The fourth-order valence-electron chi connectivity index (χ4n) is 1.13. The number of ether oxygens (including phenoxy) is 1. The molecule has 0 N–H and O–H groups in total. The van der Waals surface area contributed by atoms with E-state index in [9.17, 15) is 4.79 Å². The molecule has 1 aromatic rings. The van der Waals surface area contributed by atoms with Crippen LogP contribution in [0.1, 0.15) is 20.3 Å². The highest BCUT2D eigenvalue weighted by atomic mass is 35.5. The van der Waals surface area contributed by atoms with Crippen LogP contribution in [0.2, 0.25) is 0 Å². The zero-order chi connectivity index (χ0) is 11.3. The van der Waals surface area contributed by atoms with Gasteiger partial charge in [0.05, 0.1) is 0 Å². The van der Waals surface area contributed by atoms with Crippen molar-refractivity contribution < 1.29 is 9.53 Å². The van der Waals surface area contributed by atoms with Gasteiger partial charge < -0.3 is 4.74 Å². The molecule has 2 nitrogen and oxygen atoms in total. The van der Waals surface area contributed by atoms with Gasteiger partial charge in [0.2, 0.25) is 0 Å². The van der Waals surface area contributed by atoms with Crippen LogP contribution in [0.3, 0.4) is 0 Å². The molecule has 0 amide bonds. The Kier molecular flexibility index (Phi) is 4.63. The fraction of sp³-hybridized carbons (Fsp3) is 0.417. The maximum atomic E-state index is 11.5. The quantitative estimate of drug-likeness (QED) is 0.447. The van der Waals surface area contributed by atoms with Gasteiger partial charge in [-0.15, -0.1) is 11.6 Å². The van der Waals surface area contributed by atoms with Crippen molar-refractivity contribution >= 4 is 17.6 Å².